The highest BCUT2D eigenvalue weighted by Crippen LogP contribution is 2.09. The van der Waals surface area contributed by atoms with Gasteiger partial charge in [-0.1, -0.05) is 0 Å². The van der Waals surface area contributed by atoms with E-state index >= 15 is 0 Å². The minimum Gasteiger partial charge on any atom is -0.468 e. The Kier molecular flexibility index (Phi) is 4.03. The molecule has 0 fully saturated rings. The third-order valence-corrected chi connectivity index (χ3v) is 2.04. The van der Waals surface area contributed by atoms with E-state index in [1.807, 2.05) is 24.8 Å². The molecule has 1 aromatic heterocycles. The van der Waals surface area contributed by atoms with Crippen LogP contribution in [0.4, 0.5) is 5.82 Å². The summed E-state index contributed by atoms with van der Waals surface area (Å²) in [5.74, 6) is 0.475. The van der Waals surface area contributed by atoms with E-state index in [0.29, 0.717) is 6.54 Å². The van der Waals surface area contributed by atoms with Crippen LogP contribution in [0.1, 0.15) is 12.6 Å². The normalized spacial score (nSPS) is 9.80. The molecule has 0 amide bonds. The topological polar surface area (TPSA) is 55.3 Å². The fourth-order valence-electron chi connectivity index (χ4n) is 1.19. The Balaban J connectivity index is 2.78. The van der Waals surface area contributed by atoms with E-state index in [4.69, 9.17) is 0 Å². The number of nitrogens with zero attached hydrogens (tertiary/aromatic N) is 3. The van der Waals surface area contributed by atoms with Gasteiger partial charge in [-0.3, -0.25) is 4.79 Å². The highest BCUT2D eigenvalue weighted by molar-refractivity contribution is 5.75. The first-order valence-electron chi connectivity index (χ1n) is 4.77. The Bertz CT molecular complexity index is 341. The fraction of sp³-hybridized carbons (Fsp3) is 0.500. The van der Waals surface area contributed by atoms with E-state index < -0.39 is 0 Å². The summed E-state index contributed by atoms with van der Waals surface area (Å²) in [5.41, 5.74) is 0.878. The van der Waals surface area contributed by atoms with Crippen molar-refractivity contribution in [2.24, 2.45) is 0 Å². The highest BCUT2D eigenvalue weighted by Gasteiger charge is 2.11. The molecule has 0 aliphatic carbocycles. The lowest BCUT2D eigenvalue weighted by Gasteiger charge is -2.20. The maximum atomic E-state index is 11.1. The summed E-state index contributed by atoms with van der Waals surface area (Å²) in [5, 5.41) is 0. The predicted octanol–water partition coefficient (Wildman–Crippen LogP) is 0.784. The fourth-order valence-corrected chi connectivity index (χ4v) is 1.19. The Labute approximate surface area is 89.1 Å². The van der Waals surface area contributed by atoms with Gasteiger partial charge in [-0.15, -0.1) is 0 Å². The van der Waals surface area contributed by atoms with Crippen LogP contribution in [0.5, 0.6) is 0 Å². The number of anilines is 1. The van der Waals surface area contributed by atoms with Gasteiger partial charge in [-0.2, -0.15) is 0 Å². The molecule has 15 heavy (non-hydrogen) atoms. The zero-order valence-electron chi connectivity index (χ0n) is 9.23. The molecule has 0 aromatic carbocycles. The summed E-state index contributed by atoms with van der Waals surface area (Å²) in [6.45, 7) is 4.76. The molecule has 1 heterocycles. The van der Waals surface area contributed by atoms with Crippen molar-refractivity contribution in [1.29, 1.82) is 0 Å². The maximum absolute atomic E-state index is 11.1. The zero-order chi connectivity index (χ0) is 11.3. The summed E-state index contributed by atoms with van der Waals surface area (Å²) in [6, 6.07) is 1.84. The van der Waals surface area contributed by atoms with Crippen molar-refractivity contribution in [3.05, 3.63) is 18.1 Å². The van der Waals surface area contributed by atoms with Crippen molar-refractivity contribution in [1.82, 2.24) is 9.97 Å². The van der Waals surface area contributed by atoms with Crippen molar-refractivity contribution in [2.45, 2.75) is 13.8 Å². The van der Waals surface area contributed by atoms with Gasteiger partial charge in [-0.25, -0.2) is 9.97 Å². The summed E-state index contributed by atoms with van der Waals surface area (Å²) in [6.07, 6.45) is 1.49. The van der Waals surface area contributed by atoms with Crippen LogP contribution < -0.4 is 4.90 Å². The monoisotopic (exact) mass is 209 g/mol. The van der Waals surface area contributed by atoms with Gasteiger partial charge in [0.05, 0.1) is 7.11 Å². The molecular weight excluding hydrogens is 194 g/mol. The summed E-state index contributed by atoms with van der Waals surface area (Å²) >= 11 is 0. The second-order valence-corrected chi connectivity index (χ2v) is 3.11. The van der Waals surface area contributed by atoms with Crippen LogP contribution in [0, 0.1) is 6.92 Å². The Morgan fingerprint density at radius 1 is 1.53 bits per heavy atom. The first kappa shape index (κ1) is 11.4. The molecule has 1 rings (SSSR count). The number of hydrogen-bond donors (Lipinski definition) is 0. The number of likely N-dealkylation sites (N-methyl/N-ethyl adjacent to an activating group) is 1. The number of aromatic nitrogens is 2. The summed E-state index contributed by atoms with van der Waals surface area (Å²) in [4.78, 5) is 21.1. The number of rotatable bonds is 4. The average Bonchev–Trinajstić information content (AvgIpc) is 2.25. The van der Waals surface area contributed by atoms with Crippen LogP contribution in [-0.4, -0.2) is 36.1 Å². The van der Waals surface area contributed by atoms with Gasteiger partial charge in [0.25, 0.3) is 0 Å². The lowest BCUT2D eigenvalue weighted by Crippen LogP contribution is -2.31. The van der Waals surface area contributed by atoms with Crippen molar-refractivity contribution in [3.8, 4) is 0 Å². The molecular formula is C10H15N3O2. The zero-order valence-corrected chi connectivity index (χ0v) is 9.23. The third-order valence-electron chi connectivity index (χ3n) is 2.04. The average molecular weight is 209 g/mol. The molecule has 0 spiro atoms. The molecule has 0 radical (unpaired) electrons. The predicted molar refractivity (Wildman–Crippen MR) is 56.7 cm³/mol. The number of carbonyl (C=O) groups is 1. The molecule has 0 aliphatic rings. The maximum Gasteiger partial charge on any atom is 0.325 e. The van der Waals surface area contributed by atoms with Gasteiger partial charge < -0.3 is 9.64 Å². The summed E-state index contributed by atoms with van der Waals surface area (Å²) < 4.78 is 4.61. The molecule has 0 saturated heterocycles. The molecule has 0 N–H and O–H groups in total. The van der Waals surface area contributed by atoms with Gasteiger partial charge in [-0.05, 0) is 13.8 Å². The van der Waals surface area contributed by atoms with E-state index in [2.05, 4.69) is 14.7 Å². The summed E-state index contributed by atoms with van der Waals surface area (Å²) in [7, 11) is 1.38. The molecule has 0 bridgehead atoms. The van der Waals surface area contributed by atoms with Crippen molar-refractivity contribution >= 4 is 11.8 Å². The van der Waals surface area contributed by atoms with E-state index in [9.17, 15) is 4.79 Å². The minimum atomic E-state index is -0.270. The Morgan fingerprint density at radius 3 is 2.80 bits per heavy atom. The lowest BCUT2D eigenvalue weighted by molar-refractivity contribution is -0.138. The highest BCUT2D eigenvalue weighted by atomic mass is 16.5. The molecule has 0 unspecified atom stereocenters. The number of ether oxygens (including phenoxy) is 1. The minimum absolute atomic E-state index is 0.212. The standard InChI is InChI=1S/C10H15N3O2/c1-4-13(6-10(14)15-3)9-5-8(2)11-7-12-9/h5,7H,4,6H2,1-3H3. The van der Waals surface area contributed by atoms with Crippen LogP contribution in [0.3, 0.4) is 0 Å². The largest absolute Gasteiger partial charge is 0.468 e. The van der Waals surface area contributed by atoms with Crippen molar-refractivity contribution in [2.75, 3.05) is 25.1 Å². The second kappa shape index (κ2) is 5.29. The van der Waals surface area contributed by atoms with E-state index in [-0.39, 0.29) is 12.5 Å². The van der Waals surface area contributed by atoms with Gasteiger partial charge >= 0.3 is 5.97 Å². The van der Waals surface area contributed by atoms with E-state index in [0.717, 1.165) is 11.5 Å². The number of aryl methyl sites for hydroxylation is 1. The van der Waals surface area contributed by atoms with Gasteiger partial charge in [0, 0.05) is 18.3 Å². The third kappa shape index (κ3) is 3.19. The van der Waals surface area contributed by atoms with Crippen LogP contribution >= 0.6 is 0 Å². The Hall–Kier alpha value is -1.65. The van der Waals surface area contributed by atoms with Crippen LogP contribution in [0.25, 0.3) is 0 Å². The lowest BCUT2D eigenvalue weighted by atomic mass is 10.4. The number of carbonyl (C=O) groups excluding carboxylic acids is 1. The van der Waals surface area contributed by atoms with Gasteiger partial charge in [0.2, 0.25) is 0 Å². The first-order valence-corrected chi connectivity index (χ1v) is 4.77. The molecule has 0 aliphatic heterocycles. The van der Waals surface area contributed by atoms with Gasteiger partial charge in [0.15, 0.2) is 0 Å². The van der Waals surface area contributed by atoms with Gasteiger partial charge in [0.1, 0.15) is 18.7 Å². The first-order chi connectivity index (χ1) is 7.17. The van der Waals surface area contributed by atoms with Crippen LogP contribution in [0.15, 0.2) is 12.4 Å². The molecule has 82 valence electrons. The Morgan fingerprint density at radius 2 is 2.27 bits per heavy atom. The number of hydrogen-bond acceptors (Lipinski definition) is 5. The number of methoxy groups -OCH3 is 1. The van der Waals surface area contributed by atoms with Crippen LogP contribution in [0.2, 0.25) is 0 Å². The number of esters is 1. The molecule has 5 nitrogen and oxygen atoms in total. The van der Waals surface area contributed by atoms with Crippen molar-refractivity contribution in [3.63, 3.8) is 0 Å². The quantitative estimate of drug-likeness (QED) is 0.686. The molecule has 5 heteroatoms. The molecule has 0 saturated carbocycles. The van der Waals surface area contributed by atoms with Crippen molar-refractivity contribution < 1.29 is 9.53 Å². The molecule has 1 aromatic rings. The second-order valence-electron chi connectivity index (χ2n) is 3.11. The van der Waals surface area contributed by atoms with E-state index in [1.54, 1.807) is 0 Å². The molecule has 0 atom stereocenters. The van der Waals surface area contributed by atoms with E-state index in [1.165, 1.54) is 13.4 Å². The smallest absolute Gasteiger partial charge is 0.325 e. The van der Waals surface area contributed by atoms with Crippen LogP contribution in [-0.2, 0) is 9.53 Å². The SMILES string of the molecule is CCN(CC(=O)OC)c1cc(C)ncn1.